The molecule has 7 nitrogen and oxygen atoms in total. The lowest BCUT2D eigenvalue weighted by molar-refractivity contribution is 0.371. The fourth-order valence-corrected chi connectivity index (χ4v) is 3.60. The van der Waals surface area contributed by atoms with Crippen molar-refractivity contribution in [2.24, 2.45) is 12.0 Å². The van der Waals surface area contributed by atoms with Crippen molar-refractivity contribution in [1.29, 1.82) is 0 Å². The van der Waals surface area contributed by atoms with Crippen LogP contribution >= 0.6 is 0 Å². The van der Waals surface area contributed by atoms with Gasteiger partial charge in [0.2, 0.25) is 0 Å². The van der Waals surface area contributed by atoms with Crippen molar-refractivity contribution in [3.05, 3.63) is 41.0 Å². The fraction of sp³-hybridized carbons (Fsp3) is 0.571. The molecular formula is C21H31N7. The van der Waals surface area contributed by atoms with Crippen molar-refractivity contribution in [2.75, 3.05) is 31.1 Å². The standard InChI is InChI=1S/C21H31N7/c1-15-5-6-16(2)19(13-15)27-9-11-28(12-10-27)21(23-18-7-8-18)22-14-20-25-24-17(3)26(20)4/h5-6,13,18H,7-12,14H2,1-4H3,(H,22,23). The Kier molecular flexibility index (Phi) is 5.24. The Morgan fingerprint density at radius 3 is 2.50 bits per heavy atom. The van der Waals surface area contributed by atoms with E-state index in [-0.39, 0.29) is 0 Å². The molecule has 0 radical (unpaired) electrons. The van der Waals surface area contributed by atoms with Gasteiger partial charge in [-0.25, -0.2) is 4.99 Å². The molecule has 2 fully saturated rings. The first-order chi connectivity index (χ1) is 13.5. The molecule has 1 aliphatic carbocycles. The molecule has 1 aromatic heterocycles. The summed E-state index contributed by atoms with van der Waals surface area (Å²) in [7, 11) is 2.00. The van der Waals surface area contributed by atoms with Crippen molar-refractivity contribution >= 4 is 11.6 Å². The van der Waals surface area contributed by atoms with Crippen LogP contribution in [0.1, 0.15) is 35.6 Å². The summed E-state index contributed by atoms with van der Waals surface area (Å²) in [5, 5.41) is 12.0. The van der Waals surface area contributed by atoms with E-state index in [1.807, 2.05) is 18.5 Å². The van der Waals surface area contributed by atoms with E-state index in [4.69, 9.17) is 4.99 Å². The van der Waals surface area contributed by atoms with Gasteiger partial charge in [-0.3, -0.25) is 0 Å². The second-order valence-corrected chi connectivity index (χ2v) is 8.04. The van der Waals surface area contributed by atoms with Gasteiger partial charge in [0.05, 0.1) is 0 Å². The van der Waals surface area contributed by atoms with E-state index in [0.717, 1.165) is 43.8 Å². The van der Waals surface area contributed by atoms with Crippen LogP contribution < -0.4 is 10.2 Å². The maximum Gasteiger partial charge on any atom is 0.194 e. The molecule has 28 heavy (non-hydrogen) atoms. The SMILES string of the molecule is Cc1ccc(C)c(N2CCN(C(=NCc3nnc(C)n3C)NC3CC3)CC2)c1. The van der Waals surface area contributed by atoms with Gasteiger partial charge in [-0.15, -0.1) is 10.2 Å². The number of hydrogen-bond donors (Lipinski definition) is 1. The van der Waals surface area contributed by atoms with E-state index in [9.17, 15) is 0 Å². The third-order valence-electron chi connectivity index (χ3n) is 5.75. The number of guanidine groups is 1. The zero-order valence-electron chi connectivity index (χ0n) is 17.4. The number of piperazine rings is 1. The van der Waals surface area contributed by atoms with Crippen LogP contribution in [0.2, 0.25) is 0 Å². The van der Waals surface area contributed by atoms with Gasteiger partial charge in [0.15, 0.2) is 11.8 Å². The summed E-state index contributed by atoms with van der Waals surface area (Å²) in [4.78, 5) is 9.78. The summed E-state index contributed by atoms with van der Waals surface area (Å²) in [6.45, 7) is 10.9. The molecule has 0 bridgehead atoms. The van der Waals surface area contributed by atoms with Gasteiger partial charge in [-0.2, -0.15) is 0 Å². The summed E-state index contributed by atoms with van der Waals surface area (Å²) in [5.74, 6) is 2.84. The minimum atomic E-state index is 0.559. The molecule has 150 valence electrons. The lowest BCUT2D eigenvalue weighted by Gasteiger charge is -2.38. The second-order valence-electron chi connectivity index (χ2n) is 8.04. The average Bonchev–Trinajstić information content (AvgIpc) is 3.47. The Bertz CT molecular complexity index is 858. The third-order valence-corrected chi connectivity index (χ3v) is 5.75. The highest BCUT2D eigenvalue weighted by molar-refractivity contribution is 5.81. The molecule has 0 amide bonds. The molecule has 0 unspecified atom stereocenters. The number of nitrogens with zero attached hydrogens (tertiary/aromatic N) is 6. The highest BCUT2D eigenvalue weighted by Crippen LogP contribution is 2.23. The van der Waals surface area contributed by atoms with E-state index >= 15 is 0 Å². The van der Waals surface area contributed by atoms with Gasteiger partial charge in [0.25, 0.3) is 0 Å². The molecule has 1 saturated carbocycles. The molecule has 2 aromatic rings. The number of aliphatic imine (C=N–C) groups is 1. The van der Waals surface area contributed by atoms with E-state index in [1.54, 1.807) is 0 Å². The van der Waals surface area contributed by atoms with Crippen LogP contribution in [0.3, 0.4) is 0 Å². The molecule has 2 aliphatic rings. The Morgan fingerprint density at radius 1 is 1.11 bits per heavy atom. The van der Waals surface area contributed by atoms with Gasteiger partial charge in [-0.1, -0.05) is 12.1 Å². The van der Waals surface area contributed by atoms with Gasteiger partial charge in [-0.05, 0) is 50.8 Å². The first kappa shape index (κ1) is 18.8. The smallest absolute Gasteiger partial charge is 0.194 e. The maximum atomic E-state index is 4.89. The van der Waals surface area contributed by atoms with E-state index in [2.05, 4.69) is 57.4 Å². The quantitative estimate of drug-likeness (QED) is 0.650. The van der Waals surface area contributed by atoms with Gasteiger partial charge in [0, 0.05) is 45.0 Å². The second kappa shape index (κ2) is 7.81. The average molecular weight is 382 g/mol. The van der Waals surface area contributed by atoms with Crippen molar-refractivity contribution in [2.45, 2.75) is 46.2 Å². The maximum absolute atomic E-state index is 4.89. The van der Waals surface area contributed by atoms with Crippen LogP contribution in [0.5, 0.6) is 0 Å². The first-order valence-corrected chi connectivity index (χ1v) is 10.2. The zero-order chi connectivity index (χ0) is 19.7. The molecule has 2 heterocycles. The summed E-state index contributed by atoms with van der Waals surface area (Å²) in [5.41, 5.74) is 4.03. The lowest BCUT2D eigenvalue weighted by atomic mass is 10.1. The molecule has 1 aliphatic heterocycles. The molecule has 7 heteroatoms. The monoisotopic (exact) mass is 381 g/mol. The Morgan fingerprint density at radius 2 is 1.86 bits per heavy atom. The van der Waals surface area contributed by atoms with Gasteiger partial charge in [0.1, 0.15) is 12.4 Å². The summed E-state index contributed by atoms with van der Waals surface area (Å²) in [6.07, 6.45) is 2.48. The van der Waals surface area contributed by atoms with Crippen molar-refractivity contribution in [3.8, 4) is 0 Å². The fourth-order valence-electron chi connectivity index (χ4n) is 3.60. The molecule has 1 saturated heterocycles. The highest BCUT2D eigenvalue weighted by Gasteiger charge is 2.27. The summed E-state index contributed by atoms with van der Waals surface area (Å²) >= 11 is 0. The summed E-state index contributed by atoms with van der Waals surface area (Å²) in [6, 6.07) is 7.30. The predicted octanol–water partition coefficient (Wildman–Crippen LogP) is 2.17. The van der Waals surface area contributed by atoms with Crippen molar-refractivity contribution in [1.82, 2.24) is 25.0 Å². The van der Waals surface area contributed by atoms with Crippen LogP contribution in [-0.2, 0) is 13.6 Å². The predicted molar refractivity (Wildman–Crippen MR) is 113 cm³/mol. The van der Waals surface area contributed by atoms with Gasteiger partial charge < -0.3 is 19.7 Å². The van der Waals surface area contributed by atoms with Crippen molar-refractivity contribution in [3.63, 3.8) is 0 Å². The summed E-state index contributed by atoms with van der Waals surface area (Å²) < 4.78 is 2.01. The zero-order valence-corrected chi connectivity index (χ0v) is 17.4. The van der Waals surface area contributed by atoms with E-state index < -0.39 is 0 Å². The molecule has 1 N–H and O–H groups in total. The van der Waals surface area contributed by atoms with Crippen LogP contribution in [0.4, 0.5) is 5.69 Å². The first-order valence-electron chi connectivity index (χ1n) is 10.2. The minimum Gasteiger partial charge on any atom is -0.368 e. The normalized spacial score (nSPS) is 17.9. The topological polar surface area (TPSA) is 61.6 Å². The molecule has 0 atom stereocenters. The number of anilines is 1. The molecule has 0 spiro atoms. The number of benzene rings is 1. The van der Waals surface area contributed by atoms with E-state index in [1.165, 1.54) is 29.7 Å². The Balaban J connectivity index is 1.44. The highest BCUT2D eigenvalue weighted by atomic mass is 15.4. The number of aromatic nitrogens is 3. The Labute approximate surface area is 167 Å². The van der Waals surface area contributed by atoms with Crippen LogP contribution in [0.15, 0.2) is 23.2 Å². The lowest BCUT2D eigenvalue weighted by Crippen LogP contribution is -2.53. The molecule has 1 aromatic carbocycles. The minimum absolute atomic E-state index is 0.559. The molecular weight excluding hydrogens is 350 g/mol. The van der Waals surface area contributed by atoms with Crippen LogP contribution in [-0.4, -0.2) is 57.8 Å². The number of aryl methyl sites for hydroxylation is 3. The van der Waals surface area contributed by atoms with Crippen LogP contribution in [0.25, 0.3) is 0 Å². The van der Waals surface area contributed by atoms with Crippen LogP contribution in [0, 0.1) is 20.8 Å². The van der Waals surface area contributed by atoms with E-state index in [0.29, 0.717) is 12.6 Å². The largest absolute Gasteiger partial charge is 0.368 e. The third kappa shape index (κ3) is 4.13. The number of hydrogen-bond acceptors (Lipinski definition) is 4. The molecule has 4 rings (SSSR count). The Hall–Kier alpha value is -2.57. The van der Waals surface area contributed by atoms with Gasteiger partial charge >= 0.3 is 0 Å². The number of nitrogens with one attached hydrogen (secondary N) is 1. The van der Waals surface area contributed by atoms with Crippen molar-refractivity contribution < 1.29 is 0 Å². The number of rotatable bonds is 4.